The van der Waals surface area contributed by atoms with Gasteiger partial charge >= 0.3 is 0 Å². The van der Waals surface area contributed by atoms with Crippen LogP contribution in [0.25, 0.3) is 0 Å². The summed E-state index contributed by atoms with van der Waals surface area (Å²) >= 11 is 0. The van der Waals surface area contributed by atoms with E-state index >= 15 is 0 Å². The highest BCUT2D eigenvalue weighted by Gasteiger charge is 2.23. The highest BCUT2D eigenvalue weighted by Crippen LogP contribution is 2.33. The van der Waals surface area contributed by atoms with Crippen molar-refractivity contribution in [1.29, 1.82) is 0 Å². The molecule has 14 heavy (non-hydrogen) atoms. The maximum atomic E-state index is 10.7. The lowest BCUT2D eigenvalue weighted by molar-refractivity contribution is -0.117. The van der Waals surface area contributed by atoms with Gasteiger partial charge in [-0.15, -0.1) is 0 Å². The quantitative estimate of drug-likeness (QED) is 0.603. The molecule has 0 spiro atoms. The molecular formula is C12H21NO. The molecule has 1 fully saturated rings. The third kappa shape index (κ3) is 5.05. The monoisotopic (exact) mass is 195 g/mol. The van der Waals surface area contributed by atoms with Gasteiger partial charge in [-0.1, -0.05) is 13.0 Å². The lowest BCUT2D eigenvalue weighted by Crippen LogP contribution is -2.15. The van der Waals surface area contributed by atoms with Crippen molar-refractivity contribution < 1.29 is 4.79 Å². The number of carbonyl (C=O) groups excluding carboxylic acids is 1. The lowest BCUT2D eigenvalue weighted by atomic mass is 10.1. The molecule has 1 aliphatic rings. The number of hydrogen-bond acceptors (Lipinski definition) is 2. The molecular weight excluding hydrogens is 174 g/mol. The van der Waals surface area contributed by atoms with Crippen molar-refractivity contribution in [3.05, 3.63) is 12.3 Å². The van der Waals surface area contributed by atoms with Gasteiger partial charge < -0.3 is 10.1 Å². The van der Waals surface area contributed by atoms with Crippen LogP contribution < -0.4 is 5.32 Å². The van der Waals surface area contributed by atoms with Crippen LogP contribution in [-0.4, -0.2) is 12.3 Å². The summed E-state index contributed by atoms with van der Waals surface area (Å²) in [4.78, 5) is 10.7. The molecule has 0 amide bonds. The van der Waals surface area contributed by atoms with E-state index in [1.807, 2.05) is 0 Å². The van der Waals surface area contributed by atoms with Crippen LogP contribution in [0.1, 0.15) is 45.4 Å². The number of Topliss-reactive ketones (excluding diaryl/α,β-unsaturated/α-hetero) is 1. The summed E-state index contributed by atoms with van der Waals surface area (Å²) in [5, 5.41) is 3.35. The van der Waals surface area contributed by atoms with Crippen LogP contribution in [0.3, 0.4) is 0 Å². The van der Waals surface area contributed by atoms with Crippen LogP contribution in [0.2, 0.25) is 0 Å². The third-order valence-corrected chi connectivity index (χ3v) is 2.63. The first-order chi connectivity index (χ1) is 6.70. The van der Waals surface area contributed by atoms with E-state index in [1.165, 1.54) is 18.5 Å². The predicted octanol–water partition coefficient (Wildman–Crippen LogP) is 2.65. The van der Waals surface area contributed by atoms with Crippen LogP contribution in [0, 0.1) is 5.92 Å². The number of carbonyl (C=O) groups is 1. The molecule has 1 N–H and O–H groups in total. The Kier molecular flexibility index (Phi) is 4.71. The molecule has 0 heterocycles. The van der Waals surface area contributed by atoms with Gasteiger partial charge in [0.15, 0.2) is 0 Å². The first kappa shape index (κ1) is 11.3. The topological polar surface area (TPSA) is 29.1 Å². The maximum absolute atomic E-state index is 10.7. The highest BCUT2D eigenvalue weighted by atomic mass is 16.1. The van der Waals surface area contributed by atoms with E-state index in [-0.39, 0.29) is 0 Å². The Morgan fingerprint density at radius 1 is 1.36 bits per heavy atom. The Morgan fingerprint density at radius 2 is 2.07 bits per heavy atom. The largest absolute Gasteiger partial charge is 0.389 e. The van der Waals surface area contributed by atoms with Crippen LogP contribution in [0.15, 0.2) is 12.3 Å². The zero-order valence-electron chi connectivity index (χ0n) is 9.14. The minimum Gasteiger partial charge on any atom is -0.389 e. The second-order valence-electron chi connectivity index (χ2n) is 4.24. The van der Waals surface area contributed by atoms with E-state index < -0.39 is 0 Å². The molecule has 0 bridgehead atoms. The van der Waals surface area contributed by atoms with Crippen LogP contribution in [0.4, 0.5) is 0 Å². The van der Waals surface area contributed by atoms with Crippen LogP contribution in [0.5, 0.6) is 0 Å². The summed E-state index contributed by atoms with van der Waals surface area (Å²) in [5.74, 6) is 1.06. The zero-order valence-corrected chi connectivity index (χ0v) is 9.14. The highest BCUT2D eigenvalue weighted by molar-refractivity contribution is 5.75. The van der Waals surface area contributed by atoms with E-state index in [2.05, 4.69) is 11.9 Å². The van der Waals surface area contributed by atoms with Crippen LogP contribution >= 0.6 is 0 Å². The van der Waals surface area contributed by atoms with Gasteiger partial charge in [-0.2, -0.15) is 0 Å². The van der Waals surface area contributed by atoms with Crippen molar-refractivity contribution in [2.45, 2.75) is 45.4 Å². The molecule has 80 valence electrons. The molecule has 2 heteroatoms. The second-order valence-corrected chi connectivity index (χ2v) is 4.24. The molecule has 0 saturated heterocycles. The predicted molar refractivity (Wildman–Crippen MR) is 59.0 cm³/mol. The molecule has 0 unspecified atom stereocenters. The summed E-state index contributed by atoms with van der Waals surface area (Å²) in [7, 11) is 0. The van der Waals surface area contributed by atoms with Crippen molar-refractivity contribution in [3.8, 4) is 0 Å². The number of rotatable bonds is 8. The van der Waals surface area contributed by atoms with E-state index in [0.29, 0.717) is 5.78 Å². The van der Waals surface area contributed by atoms with Crippen molar-refractivity contribution in [2.24, 2.45) is 5.92 Å². The molecule has 0 aromatic carbocycles. The fraction of sp³-hybridized carbons (Fsp3) is 0.750. The van der Waals surface area contributed by atoms with Gasteiger partial charge in [-0.05, 0) is 38.5 Å². The van der Waals surface area contributed by atoms with Gasteiger partial charge in [0, 0.05) is 18.7 Å². The van der Waals surface area contributed by atoms with Crippen molar-refractivity contribution in [1.82, 2.24) is 5.32 Å². The number of hydrogen-bond donors (Lipinski definition) is 1. The Labute approximate surface area is 86.8 Å². The standard InChI is InChI=1S/C12H21NO/c1-10(14)6-4-3-5-9-13-11(2)12-7-8-12/h12-13H,2-9H2,1H3. The molecule has 0 atom stereocenters. The van der Waals surface area contributed by atoms with Gasteiger partial charge in [0.2, 0.25) is 0 Å². The Morgan fingerprint density at radius 3 is 2.64 bits per heavy atom. The zero-order chi connectivity index (χ0) is 10.4. The SMILES string of the molecule is C=C(NCCCCCC(C)=O)C1CC1. The second kappa shape index (κ2) is 5.84. The van der Waals surface area contributed by atoms with Crippen molar-refractivity contribution >= 4 is 5.78 Å². The van der Waals surface area contributed by atoms with E-state index in [9.17, 15) is 4.79 Å². The van der Waals surface area contributed by atoms with Gasteiger partial charge in [-0.25, -0.2) is 0 Å². The third-order valence-electron chi connectivity index (χ3n) is 2.63. The number of unbranched alkanes of at least 4 members (excludes halogenated alkanes) is 2. The molecule has 1 rings (SSSR count). The summed E-state index contributed by atoms with van der Waals surface area (Å²) in [6, 6.07) is 0. The van der Waals surface area contributed by atoms with E-state index in [0.717, 1.165) is 38.1 Å². The first-order valence-electron chi connectivity index (χ1n) is 5.62. The molecule has 2 nitrogen and oxygen atoms in total. The molecule has 1 saturated carbocycles. The first-order valence-corrected chi connectivity index (χ1v) is 5.62. The molecule has 0 aromatic heterocycles. The fourth-order valence-electron chi connectivity index (χ4n) is 1.50. The minimum atomic E-state index is 0.306. The maximum Gasteiger partial charge on any atom is 0.129 e. The van der Waals surface area contributed by atoms with Gasteiger partial charge in [0.25, 0.3) is 0 Å². The van der Waals surface area contributed by atoms with Crippen LogP contribution in [-0.2, 0) is 4.79 Å². The smallest absolute Gasteiger partial charge is 0.129 e. The fourth-order valence-corrected chi connectivity index (χ4v) is 1.50. The lowest BCUT2D eigenvalue weighted by Gasteiger charge is -2.07. The van der Waals surface area contributed by atoms with E-state index in [1.54, 1.807) is 6.92 Å². The minimum absolute atomic E-state index is 0.306. The number of allylic oxidation sites excluding steroid dienone is 1. The normalized spacial score (nSPS) is 15.2. The Hall–Kier alpha value is -0.790. The van der Waals surface area contributed by atoms with Gasteiger partial charge in [0.05, 0.1) is 0 Å². The average Bonchev–Trinajstić information content (AvgIpc) is 2.92. The Balaban J connectivity index is 1.84. The Bertz CT molecular complexity index is 206. The van der Waals surface area contributed by atoms with Crippen molar-refractivity contribution in [2.75, 3.05) is 6.54 Å². The van der Waals surface area contributed by atoms with Gasteiger partial charge in [-0.3, -0.25) is 0 Å². The molecule has 1 aliphatic carbocycles. The summed E-state index contributed by atoms with van der Waals surface area (Å²) in [6.45, 7) is 6.68. The molecule has 0 aliphatic heterocycles. The summed E-state index contributed by atoms with van der Waals surface area (Å²) < 4.78 is 0. The molecule has 0 aromatic rings. The summed E-state index contributed by atoms with van der Waals surface area (Å²) in [6.07, 6.45) is 6.70. The number of nitrogens with one attached hydrogen (secondary N) is 1. The number of ketones is 1. The van der Waals surface area contributed by atoms with Crippen molar-refractivity contribution in [3.63, 3.8) is 0 Å². The molecule has 0 radical (unpaired) electrons. The van der Waals surface area contributed by atoms with Gasteiger partial charge in [0.1, 0.15) is 5.78 Å². The summed E-state index contributed by atoms with van der Waals surface area (Å²) in [5.41, 5.74) is 1.22. The average molecular weight is 195 g/mol. The van der Waals surface area contributed by atoms with E-state index in [4.69, 9.17) is 0 Å².